The fourth-order valence-electron chi connectivity index (χ4n) is 2.74. The number of benzene rings is 2. The minimum atomic E-state index is -0.145. The molecule has 0 saturated carbocycles. The van der Waals surface area contributed by atoms with Gasteiger partial charge >= 0.3 is 0 Å². The van der Waals surface area contributed by atoms with E-state index in [2.05, 4.69) is 21.9 Å². The molecule has 0 spiro atoms. The number of hydrogen-bond acceptors (Lipinski definition) is 4. The summed E-state index contributed by atoms with van der Waals surface area (Å²) >= 11 is 1.58. The van der Waals surface area contributed by atoms with Crippen LogP contribution in [0.5, 0.6) is 0 Å². The molecule has 0 aliphatic heterocycles. The number of carbonyl (C=O) groups excluding carboxylic acids is 1. The molecule has 0 radical (unpaired) electrons. The topological polar surface area (TPSA) is 54.9 Å². The Morgan fingerprint density at radius 3 is 2.59 bits per heavy atom. The first-order valence-electron chi connectivity index (χ1n) is 8.48. The number of aromatic nitrogens is 2. The Morgan fingerprint density at radius 1 is 1.07 bits per heavy atom. The summed E-state index contributed by atoms with van der Waals surface area (Å²) in [4.78, 5) is 21.3. The summed E-state index contributed by atoms with van der Waals surface area (Å²) in [6.07, 6.45) is 3.55. The number of allylic oxidation sites excluding steroid dienone is 1. The first kappa shape index (κ1) is 17.1. The molecular weight excluding hydrogens is 354 g/mol. The number of anilines is 1. The molecule has 132 valence electrons. The normalized spacial score (nSPS) is 10.7. The molecule has 2 heterocycles. The third-order valence-electron chi connectivity index (χ3n) is 4.20. The van der Waals surface area contributed by atoms with E-state index in [1.807, 2.05) is 67.7 Å². The van der Waals surface area contributed by atoms with Gasteiger partial charge in [-0.2, -0.15) is 0 Å². The summed E-state index contributed by atoms with van der Waals surface area (Å²) in [6.45, 7) is 5.86. The molecule has 1 N–H and O–H groups in total. The van der Waals surface area contributed by atoms with Crippen molar-refractivity contribution in [3.8, 4) is 10.6 Å². The molecule has 4 rings (SSSR count). The largest absolute Gasteiger partial charge is 0.322 e. The third kappa shape index (κ3) is 3.64. The lowest BCUT2D eigenvalue weighted by Gasteiger charge is -2.07. The van der Waals surface area contributed by atoms with Crippen LogP contribution in [0.4, 0.5) is 5.69 Å². The van der Waals surface area contributed by atoms with Crippen molar-refractivity contribution < 1.29 is 4.79 Å². The van der Waals surface area contributed by atoms with E-state index in [4.69, 9.17) is 0 Å². The first-order chi connectivity index (χ1) is 13.1. The van der Waals surface area contributed by atoms with Crippen molar-refractivity contribution in [2.45, 2.75) is 6.92 Å². The van der Waals surface area contributed by atoms with Gasteiger partial charge in [-0.05, 0) is 42.8 Å². The van der Waals surface area contributed by atoms with E-state index in [1.54, 1.807) is 17.5 Å². The lowest BCUT2D eigenvalue weighted by atomic mass is 10.1. The van der Waals surface area contributed by atoms with Gasteiger partial charge in [-0.1, -0.05) is 36.4 Å². The molecule has 0 unspecified atom stereocenters. The monoisotopic (exact) mass is 371 g/mol. The molecular formula is C22H17N3OS. The number of amides is 1. The Morgan fingerprint density at radius 2 is 1.85 bits per heavy atom. The van der Waals surface area contributed by atoms with Gasteiger partial charge in [0.1, 0.15) is 5.01 Å². The Bertz CT molecular complexity index is 1110. The Kier molecular flexibility index (Phi) is 4.52. The Labute approximate surface area is 161 Å². The molecule has 0 bridgehead atoms. The molecule has 2 aromatic carbocycles. The average molecular weight is 371 g/mol. The van der Waals surface area contributed by atoms with Crippen LogP contribution in [0.2, 0.25) is 0 Å². The van der Waals surface area contributed by atoms with Gasteiger partial charge in [0.15, 0.2) is 0 Å². The van der Waals surface area contributed by atoms with E-state index in [9.17, 15) is 4.79 Å². The van der Waals surface area contributed by atoms with Crippen molar-refractivity contribution >= 4 is 38.7 Å². The number of thiazole rings is 1. The van der Waals surface area contributed by atoms with E-state index in [-0.39, 0.29) is 5.91 Å². The van der Waals surface area contributed by atoms with Gasteiger partial charge in [-0.25, -0.2) is 4.98 Å². The molecule has 27 heavy (non-hydrogen) atoms. The zero-order chi connectivity index (χ0) is 18.8. The van der Waals surface area contributed by atoms with Crippen LogP contribution >= 0.6 is 11.3 Å². The van der Waals surface area contributed by atoms with Crippen molar-refractivity contribution in [1.29, 1.82) is 0 Å². The standard InChI is InChI=1S/C22H17N3OS/c1-14(2)15-6-8-16(9-7-15)21(26)24-18-5-3-4-17(12-18)22-25-19-10-11-23-13-20(19)27-22/h3-13H,1H2,2H3,(H,24,26). The molecule has 2 aromatic heterocycles. The van der Waals surface area contributed by atoms with E-state index in [0.717, 1.165) is 37.6 Å². The molecule has 1 amide bonds. The highest BCUT2D eigenvalue weighted by atomic mass is 32.1. The molecule has 0 fully saturated rings. The Balaban J connectivity index is 1.57. The van der Waals surface area contributed by atoms with E-state index >= 15 is 0 Å². The van der Waals surface area contributed by atoms with Gasteiger partial charge in [0.2, 0.25) is 0 Å². The van der Waals surface area contributed by atoms with Crippen LogP contribution in [-0.2, 0) is 0 Å². The molecule has 4 aromatic rings. The van der Waals surface area contributed by atoms with Crippen molar-refractivity contribution in [2.75, 3.05) is 5.32 Å². The van der Waals surface area contributed by atoms with Gasteiger partial charge in [0.25, 0.3) is 5.91 Å². The second kappa shape index (κ2) is 7.13. The maximum absolute atomic E-state index is 12.5. The average Bonchev–Trinajstić information content (AvgIpc) is 3.12. The highest BCUT2D eigenvalue weighted by molar-refractivity contribution is 7.21. The van der Waals surface area contributed by atoms with Gasteiger partial charge in [0.05, 0.1) is 10.2 Å². The number of rotatable bonds is 4. The lowest BCUT2D eigenvalue weighted by Crippen LogP contribution is -2.11. The van der Waals surface area contributed by atoms with Gasteiger partial charge < -0.3 is 5.32 Å². The molecule has 5 heteroatoms. The fraction of sp³-hybridized carbons (Fsp3) is 0.0455. The molecule has 0 saturated heterocycles. The summed E-state index contributed by atoms with van der Waals surface area (Å²) in [5.74, 6) is -0.145. The number of fused-ring (bicyclic) bond motifs is 1. The summed E-state index contributed by atoms with van der Waals surface area (Å²) in [5, 5.41) is 3.86. The number of nitrogens with one attached hydrogen (secondary N) is 1. The first-order valence-corrected chi connectivity index (χ1v) is 9.30. The Hall–Kier alpha value is -3.31. The van der Waals surface area contributed by atoms with Crippen LogP contribution in [0, 0.1) is 0 Å². The van der Waals surface area contributed by atoms with Gasteiger partial charge in [0, 0.05) is 29.2 Å². The predicted molar refractivity (Wildman–Crippen MR) is 112 cm³/mol. The minimum absolute atomic E-state index is 0.145. The van der Waals surface area contributed by atoms with Crippen LogP contribution in [-0.4, -0.2) is 15.9 Å². The van der Waals surface area contributed by atoms with Crippen LogP contribution in [0.3, 0.4) is 0 Å². The number of nitrogens with zero attached hydrogens (tertiary/aromatic N) is 2. The van der Waals surface area contributed by atoms with Crippen molar-refractivity contribution in [1.82, 2.24) is 9.97 Å². The highest BCUT2D eigenvalue weighted by Crippen LogP contribution is 2.30. The molecule has 0 aliphatic rings. The van der Waals surface area contributed by atoms with Crippen LogP contribution < -0.4 is 5.32 Å². The molecule has 4 nitrogen and oxygen atoms in total. The maximum Gasteiger partial charge on any atom is 0.255 e. The number of carbonyl (C=O) groups is 1. The summed E-state index contributed by atoms with van der Waals surface area (Å²) in [5.41, 5.74) is 5.23. The van der Waals surface area contributed by atoms with Gasteiger partial charge in [-0.3, -0.25) is 9.78 Å². The second-order valence-electron chi connectivity index (χ2n) is 6.26. The summed E-state index contributed by atoms with van der Waals surface area (Å²) < 4.78 is 1.04. The number of pyridine rings is 1. The summed E-state index contributed by atoms with van der Waals surface area (Å²) in [7, 11) is 0. The maximum atomic E-state index is 12.5. The van der Waals surface area contributed by atoms with Crippen molar-refractivity contribution in [3.63, 3.8) is 0 Å². The summed E-state index contributed by atoms with van der Waals surface area (Å²) in [6, 6.07) is 17.0. The van der Waals surface area contributed by atoms with Crippen molar-refractivity contribution in [3.05, 3.63) is 84.7 Å². The number of hydrogen-bond donors (Lipinski definition) is 1. The van der Waals surface area contributed by atoms with E-state index < -0.39 is 0 Å². The van der Waals surface area contributed by atoms with Crippen LogP contribution in [0.15, 0.2) is 73.6 Å². The molecule has 0 aliphatic carbocycles. The van der Waals surface area contributed by atoms with Gasteiger partial charge in [-0.15, -0.1) is 11.3 Å². The predicted octanol–water partition coefficient (Wildman–Crippen LogP) is 5.64. The minimum Gasteiger partial charge on any atom is -0.322 e. The fourth-order valence-corrected chi connectivity index (χ4v) is 3.67. The molecule has 0 atom stereocenters. The highest BCUT2D eigenvalue weighted by Gasteiger charge is 2.10. The zero-order valence-electron chi connectivity index (χ0n) is 14.8. The quantitative estimate of drug-likeness (QED) is 0.505. The van der Waals surface area contributed by atoms with E-state index in [1.165, 1.54) is 0 Å². The smallest absolute Gasteiger partial charge is 0.255 e. The lowest BCUT2D eigenvalue weighted by molar-refractivity contribution is 0.102. The third-order valence-corrected chi connectivity index (χ3v) is 5.25. The SMILES string of the molecule is C=C(C)c1ccc(C(=O)Nc2cccc(-c3nc4ccncc4s3)c2)cc1. The van der Waals surface area contributed by atoms with E-state index in [0.29, 0.717) is 5.56 Å². The van der Waals surface area contributed by atoms with Crippen molar-refractivity contribution in [2.24, 2.45) is 0 Å². The van der Waals surface area contributed by atoms with Crippen LogP contribution in [0.25, 0.3) is 26.4 Å². The van der Waals surface area contributed by atoms with Crippen LogP contribution in [0.1, 0.15) is 22.8 Å². The second-order valence-corrected chi connectivity index (χ2v) is 7.29. The zero-order valence-corrected chi connectivity index (χ0v) is 15.6.